The van der Waals surface area contributed by atoms with Crippen LogP contribution in [-0.4, -0.2) is 14.5 Å². The predicted octanol–water partition coefficient (Wildman–Crippen LogP) is 3.27. The van der Waals surface area contributed by atoms with Gasteiger partial charge in [0.2, 0.25) is 5.88 Å². The lowest BCUT2D eigenvalue weighted by Gasteiger charge is -2.10. The summed E-state index contributed by atoms with van der Waals surface area (Å²) in [5.74, 6) is 0.528. The second-order valence-electron chi connectivity index (χ2n) is 4.35. The molecular formula is C16H15ClN2O3. The van der Waals surface area contributed by atoms with Gasteiger partial charge in [-0.3, -0.25) is 9.20 Å². The summed E-state index contributed by atoms with van der Waals surface area (Å²) >= 11 is 5.90. The molecule has 0 saturated carbocycles. The highest BCUT2D eigenvalue weighted by Gasteiger charge is 2.14. The highest BCUT2D eigenvalue weighted by atomic mass is 35.5. The third kappa shape index (κ3) is 2.95. The second-order valence-corrected chi connectivity index (χ2v) is 4.78. The number of aliphatic hydroxyl groups excluding tert-OH is 1. The Morgan fingerprint density at radius 2 is 2.05 bits per heavy atom. The van der Waals surface area contributed by atoms with E-state index in [2.05, 4.69) is 4.98 Å². The molecule has 0 unspecified atom stereocenters. The van der Waals surface area contributed by atoms with Crippen LogP contribution in [0.15, 0.2) is 53.5 Å². The van der Waals surface area contributed by atoms with Crippen molar-refractivity contribution in [2.45, 2.75) is 14.0 Å². The number of hydrogen-bond donors (Lipinski definition) is 1. The van der Waals surface area contributed by atoms with Gasteiger partial charge in [-0.2, -0.15) is 4.98 Å². The number of aliphatic hydroxyl groups is 1. The molecule has 6 heteroatoms. The van der Waals surface area contributed by atoms with Crippen molar-refractivity contribution in [2.75, 3.05) is 0 Å². The van der Waals surface area contributed by atoms with Crippen molar-refractivity contribution in [3.05, 3.63) is 69.6 Å². The van der Waals surface area contributed by atoms with Crippen LogP contribution in [0.5, 0.6) is 11.6 Å². The maximum atomic E-state index is 12.3. The van der Waals surface area contributed by atoms with Crippen molar-refractivity contribution in [3.8, 4) is 11.6 Å². The Morgan fingerprint density at radius 3 is 2.77 bits per heavy atom. The quantitative estimate of drug-likeness (QED) is 0.805. The number of aromatic nitrogens is 2. The summed E-state index contributed by atoms with van der Waals surface area (Å²) in [6.07, 6.45) is 1.59. The molecule has 0 saturated heterocycles. The van der Waals surface area contributed by atoms with Gasteiger partial charge in [0.25, 0.3) is 5.56 Å². The van der Waals surface area contributed by atoms with Gasteiger partial charge in [0, 0.05) is 11.2 Å². The van der Waals surface area contributed by atoms with Crippen LogP contribution in [-0.2, 0) is 6.61 Å². The van der Waals surface area contributed by atoms with Crippen molar-refractivity contribution in [2.24, 2.45) is 0 Å². The van der Waals surface area contributed by atoms with E-state index in [1.165, 1.54) is 4.40 Å². The molecule has 3 rings (SSSR count). The van der Waals surface area contributed by atoms with E-state index in [0.717, 1.165) is 0 Å². The lowest BCUT2D eigenvalue weighted by molar-refractivity contribution is 0.272. The largest absolute Gasteiger partial charge is 0.438 e. The smallest absolute Gasteiger partial charge is 0.267 e. The van der Waals surface area contributed by atoms with E-state index in [-0.39, 0.29) is 24.4 Å². The van der Waals surface area contributed by atoms with Crippen LogP contribution in [0.2, 0.25) is 5.02 Å². The third-order valence-corrected chi connectivity index (χ3v) is 3.19. The number of hydrogen-bond acceptors (Lipinski definition) is 4. The average molecular weight is 319 g/mol. The first-order chi connectivity index (χ1) is 10.2. The molecule has 0 fully saturated rings. The van der Waals surface area contributed by atoms with Crippen LogP contribution in [0.3, 0.4) is 0 Å². The molecule has 1 aromatic carbocycles. The van der Waals surface area contributed by atoms with Gasteiger partial charge in [0.05, 0.1) is 6.61 Å². The molecule has 5 nitrogen and oxygen atoms in total. The van der Waals surface area contributed by atoms with Crippen molar-refractivity contribution in [1.29, 1.82) is 0 Å². The van der Waals surface area contributed by atoms with Crippen LogP contribution in [0, 0.1) is 0 Å². The van der Waals surface area contributed by atoms with Crippen LogP contribution >= 0.6 is 11.6 Å². The zero-order chi connectivity index (χ0) is 14.8. The maximum absolute atomic E-state index is 12.3. The van der Waals surface area contributed by atoms with Crippen LogP contribution in [0.4, 0.5) is 0 Å². The Kier molecular flexibility index (Phi) is 4.80. The van der Waals surface area contributed by atoms with Gasteiger partial charge in [-0.1, -0.05) is 31.2 Å². The van der Waals surface area contributed by atoms with E-state index >= 15 is 0 Å². The van der Waals surface area contributed by atoms with E-state index in [4.69, 9.17) is 16.3 Å². The van der Waals surface area contributed by atoms with Crippen LogP contribution < -0.4 is 10.3 Å². The van der Waals surface area contributed by atoms with E-state index in [9.17, 15) is 9.90 Å². The number of rotatable bonds is 3. The molecule has 0 aliphatic heterocycles. The fourth-order valence-corrected chi connectivity index (χ4v) is 2.15. The molecule has 2 heterocycles. The molecule has 3 aromatic rings. The summed E-state index contributed by atoms with van der Waals surface area (Å²) in [6.45, 7) is -0.459. The van der Waals surface area contributed by atoms with E-state index in [0.29, 0.717) is 16.4 Å². The molecule has 0 aliphatic carbocycles. The van der Waals surface area contributed by atoms with Crippen molar-refractivity contribution in [3.63, 3.8) is 0 Å². The predicted molar refractivity (Wildman–Crippen MR) is 85.6 cm³/mol. The Morgan fingerprint density at radius 1 is 1.23 bits per heavy atom. The number of ether oxygens (including phenoxy) is 1. The Hall–Kier alpha value is -2.37. The van der Waals surface area contributed by atoms with E-state index < -0.39 is 6.61 Å². The summed E-state index contributed by atoms with van der Waals surface area (Å²) in [5.41, 5.74) is 0.176. The van der Waals surface area contributed by atoms with Crippen molar-refractivity contribution >= 4 is 17.2 Å². The van der Waals surface area contributed by atoms with Gasteiger partial charge in [-0.05, 0) is 30.3 Å². The molecule has 0 aliphatic rings. The van der Waals surface area contributed by atoms with Crippen LogP contribution in [0.25, 0.3) is 5.65 Å². The minimum atomic E-state index is -0.459. The molecule has 2 aromatic heterocycles. The molecule has 0 atom stereocenters. The van der Waals surface area contributed by atoms with Crippen molar-refractivity contribution in [1.82, 2.24) is 9.38 Å². The average Bonchev–Trinajstić information content (AvgIpc) is 2.48. The van der Waals surface area contributed by atoms with Gasteiger partial charge in [0.1, 0.15) is 17.0 Å². The molecule has 22 heavy (non-hydrogen) atoms. The van der Waals surface area contributed by atoms with Crippen molar-refractivity contribution < 1.29 is 9.84 Å². The van der Waals surface area contributed by atoms with Gasteiger partial charge in [-0.15, -0.1) is 0 Å². The summed E-state index contributed by atoms with van der Waals surface area (Å²) < 4.78 is 6.96. The fraction of sp³-hybridized carbons (Fsp3) is 0.125. The monoisotopic (exact) mass is 318 g/mol. The number of pyridine rings is 1. The van der Waals surface area contributed by atoms with Gasteiger partial charge < -0.3 is 9.84 Å². The number of nitrogens with zero attached hydrogens (tertiary/aromatic N) is 2. The Bertz CT molecular complexity index is 861. The first-order valence-corrected chi connectivity index (χ1v) is 6.61. The highest BCUT2D eigenvalue weighted by Crippen LogP contribution is 2.24. The zero-order valence-electron chi connectivity index (χ0n) is 10.9. The minimum absolute atomic E-state index is 0. The number of fused-ring (bicyclic) bond motifs is 1. The summed E-state index contributed by atoms with van der Waals surface area (Å²) in [7, 11) is 0. The van der Waals surface area contributed by atoms with Crippen LogP contribution in [0.1, 0.15) is 13.0 Å². The second kappa shape index (κ2) is 6.60. The summed E-state index contributed by atoms with van der Waals surface area (Å²) in [5, 5.41) is 9.94. The Labute approximate surface area is 132 Å². The normalized spacial score (nSPS) is 10.3. The third-order valence-electron chi connectivity index (χ3n) is 2.96. The zero-order valence-corrected chi connectivity index (χ0v) is 11.6. The molecule has 0 amide bonds. The number of benzene rings is 1. The molecule has 0 bridgehead atoms. The minimum Gasteiger partial charge on any atom is -0.438 e. The standard InChI is InChI=1S/C15H11ClN2O3.CH4/c16-10-4-3-5-11(8-10)21-14-12(9-19)15(20)18-7-2-1-6-13(18)17-14;/h1-8,19H,9H2;1H4. The SMILES string of the molecule is C.O=c1c(CO)c(Oc2cccc(Cl)c2)nc2ccccn12. The molecular weight excluding hydrogens is 304 g/mol. The Balaban J connectivity index is 0.00000176. The highest BCUT2D eigenvalue weighted by molar-refractivity contribution is 6.30. The summed E-state index contributed by atoms with van der Waals surface area (Å²) in [6, 6.07) is 11.9. The first-order valence-electron chi connectivity index (χ1n) is 6.23. The molecule has 114 valence electrons. The lowest BCUT2D eigenvalue weighted by Crippen LogP contribution is -2.20. The molecule has 0 spiro atoms. The van der Waals surface area contributed by atoms with E-state index in [1.54, 1.807) is 48.7 Å². The molecule has 1 N–H and O–H groups in total. The maximum Gasteiger partial charge on any atom is 0.267 e. The van der Waals surface area contributed by atoms with Gasteiger partial charge in [0.15, 0.2) is 0 Å². The van der Waals surface area contributed by atoms with E-state index in [1.807, 2.05) is 0 Å². The fourth-order valence-electron chi connectivity index (χ4n) is 1.97. The number of halogens is 1. The lowest BCUT2D eigenvalue weighted by atomic mass is 10.3. The first kappa shape index (κ1) is 16.0. The van der Waals surface area contributed by atoms with Gasteiger partial charge in [-0.25, -0.2) is 0 Å². The summed E-state index contributed by atoms with van der Waals surface area (Å²) in [4.78, 5) is 16.6. The topological polar surface area (TPSA) is 63.8 Å². The van der Waals surface area contributed by atoms with Gasteiger partial charge >= 0.3 is 0 Å². The molecule has 0 radical (unpaired) electrons.